The number of hydrogen-bond acceptors (Lipinski definition) is 3. The molecule has 2 fully saturated rings. The molecule has 0 bridgehead atoms. The number of urea groups is 1. The van der Waals surface area contributed by atoms with E-state index in [1.165, 1.54) is 11.8 Å². The molecule has 2 aliphatic rings. The smallest absolute Gasteiger partial charge is 0.406 e. The van der Waals surface area contributed by atoms with Crippen LogP contribution in [0.15, 0.2) is 0 Å². The van der Waals surface area contributed by atoms with Gasteiger partial charge in [-0.1, -0.05) is 0 Å². The molecule has 0 saturated carbocycles. The van der Waals surface area contributed by atoms with E-state index in [2.05, 4.69) is 5.32 Å². The van der Waals surface area contributed by atoms with E-state index < -0.39 is 42.1 Å². The van der Waals surface area contributed by atoms with Crippen LogP contribution in [0.1, 0.15) is 19.8 Å². The number of carboxylic acid groups (broad SMARTS) is 1. The van der Waals surface area contributed by atoms with Crippen molar-refractivity contribution in [2.24, 2.45) is 5.41 Å². The Morgan fingerprint density at radius 1 is 1.39 bits per heavy atom. The van der Waals surface area contributed by atoms with E-state index in [1.54, 1.807) is 0 Å². The first-order valence-corrected chi connectivity index (χ1v) is 7.16. The van der Waals surface area contributed by atoms with Crippen LogP contribution in [0.3, 0.4) is 0 Å². The maximum absolute atomic E-state index is 12.3. The number of amides is 3. The largest absolute Gasteiger partial charge is 0.481 e. The lowest BCUT2D eigenvalue weighted by molar-refractivity contribution is -0.157. The van der Waals surface area contributed by atoms with Crippen molar-refractivity contribution in [3.8, 4) is 0 Å². The molecule has 23 heavy (non-hydrogen) atoms. The Hall–Kier alpha value is -2.00. The Labute approximate surface area is 130 Å². The second kappa shape index (κ2) is 5.89. The van der Waals surface area contributed by atoms with Crippen molar-refractivity contribution >= 4 is 17.9 Å². The zero-order chi connectivity index (χ0) is 17.4. The van der Waals surface area contributed by atoms with E-state index in [-0.39, 0.29) is 32.5 Å². The number of nitrogens with zero attached hydrogens (tertiary/aromatic N) is 2. The van der Waals surface area contributed by atoms with Gasteiger partial charge in [0.15, 0.2) is 0 Å². The van der Waals surface area contributed by atoms with E-state index in [4.69, 9.17) is 5.11 Å². The summed E-state index contributed by atoms with van der Waals surface area (Å²) >= 11 is 0. The van der Waals surface area contributed by atoms with Crippen LogP contribution in [0.5, 0.6) is 0 Å². The Morgan fingerprint density at radius 3 is 2.57 bits per heavy atom. The average molecular weight is 337 g/mol. The van der Waals surface area contributed by atoms with Gasteiger partial charge >= 0.3 is 18.2 Å². The van der Waals surface area contributed by atoms with E-state index in [0.717, 1.165) is 0 Å². The van der Waals surface area contributed by atoms with Crippen LogP contribution >= 0.6 is 0 Å². The van der Waals surface area contributed by atoms with Crippen LogP contribution < -0.4 is 5.32 Å². The van der Waals surface area contributed by atoms with E-state index in [1.807, 2.05) is 0 Å². The summed E-state index contributed by atoms with van der Waals surface area (Å²) in [6, 6.07) is -1.62. The van der Waals surface area contributed by atoms with Gasteiger partial charge in [-0.2, -0.15) is 13.2 Å². The SMILES string of the molecule is CC1(C(=O)O)CCN(C(=O)NC2CCN(CC(F)(F)F)C2=O)C1. The second-order valence-corrected chi connectivity index (χ2v) is 6.20. The van der Waals surface area contributed by atoms with Crippen LogP contribution in [0.2, 0.25) is 0 Å². The number of carbonyl (C=O) groups is 3. The van der Waals surface area contributed by atoms with Crippen molar-refractivity contribution in [3.63, 3.8) is 0 Å². The van der Waals surface area contributed by atoms with Gasteiger partial charge in [0.2, 0.25) is 5.91 Å². The molecule has 0 aliphatic carbocycles. The normalized spacial score (nSPS) is 28.3. The molecule has 130 valence electrons. The van der Waals surface area contributed by atoms with Crippen LogP contribution in [-0.2, 0) is 9.59 Å². The van der Waals surface area contributed by atoms with Gasteiger partial charge in [0.1, 0.15) is 12.6 Å². The number of aliphatic carboxylic acids is 1. The molecule has 3 amide bonds. The van der Waals surface area contributed by atoms with Gasteiger partial charge in [-0.3, -0.25) is 9.59 Å². The highest BCUT2D eigenvalue weighted by Gasteiger charge is 2.44. The third-order valence-electron chi connectivity index (χ3n) is 4.24. The predicted molar refractivity (Wildman–Crippen MR) is 71.5 cm³/mol. The minimum Gasteiger partial charge on any atom is -0.481 e. The minimum absolute atomic E-state index is 0.00133. The second-order valence-electron chi connectivity index (χ2n) is 6.20. The van der Waals surface area contributed by atoms with Crippen molar-refractivity contribution in [2.75, 3.05) is 26.2 Å². The molecule has 2 rings (SSSR count). The number of carbonyl (C=O) groups excluding carboxylic acids is 2. The third-order valence-corrected chi connectivity index (χ3v) is 4.24. The fourth-order valence-corrected chi connectivity index (χ4v) is 2.80. The fourth-order valence-electron chi connectivity index (χ4n) is 2.80. The Morgan fingerprint density at radius 2 is 2.04 bits per heavy atom. The molecule has 2 heterocycles. The molecule has 0 aromatic heterocycles. The lowest BCUT2D eigenvalue weighted by atomic mass is 9.90. The topological polar surface area (TPSA) is 89.9 Å². The van der Waals surface area contributed by atoms with E-state index >= 15 is 0 Å². The maximum Gasteiger partial charge on any atom is 0.406 e. The Bertz CT molecular complexity index is 525. The lowest BCUT2D eigenvalue weighted by Crippen LogP contribution is -2.48. The van der Waals surface area contributed by atoms with Crippen molar-refractivity contribution in [2.45, 2.75) is 32.0 Å². The van der Waals surface area contributed by atoms with Gasteiger partial charge in [-0.25, -0.2) is 4.79 Å². The maximum atomic E-state index is 12.3. The molecule has 0 spiro atoms. The molecular weight excluding hydrogens is 319 g/mol. The number of halogens is 3. The molecule has 2 unspecified atom stereocenters. The fraction of sp³-hybridized carbons (Fsp3) is 0.769. The molecule has 2 aliphatic heterocycles. The standard InChI is InChI=1S/C13H18F3N3O4/c1-12(10(21)22)3-5-19(6-12)11(23)17-8-2-4-18(9(8)20)7-13(14,15)16/h8H,2-7H2,1H3,(H,17,23)(H,21,22). The van der Waals surface area contributed by atoms with Gasteiger partial charge in [0.25, 0.3) is 0 Å². The average Bonchev–Trinajstić information content (AvgIpc) is 2.96. The van der Waals surface area contributed by atoms with Crippen LogP contribution in [-0.4, -0.2) is 71.2 Å². The molecule has 0 aromatic rings. The summed E-state index contributed by atoms with van der Waals surface area (Å²) in [5.41, 5.74) is -1.04. The van der Waals surface area contributed by atoms with Crippen LogP contribution in [0.25, 0.3) is 0 Å². The monoisotopic (exact) mass is 337 g/mol. The van der Waals surface area contributed by atoms with Crippen LogP contribution in [0.4, 0.5) is 18.0 Å². The molecule has 0 radical (unpaired) electrons. The molecule has 7 nitrogen and oxygen atoms in total. The Kier molecular flexibility index (Phi) is 4.45. The molecular formula is C13H18F3N3O4. The van der Waals surface area contributed by atoms with Gasteiger partial charge in [0, 0.05) is 19.6 Å². The first-order valence-electron chi connectivity index (χ1n) is 7.16. The summed E-state index contributed by atoms with van der Waals surface area (Å²) < 4.78 is 37.0. The summed E-state index contributed by atoms with van der Waals surface area (Å²) in [6.07, 6.45) is -4.09. The quantitative estimate of drug-likeness (QED) is 0.791. The zero-order valence-corrected chi connectivity index (χ0v) is 12.5. The lowest BCUT2D eigenvalue weighted by Gasteiger charge is -2.22. The number of alkyl halides is 3. The van der Waals surface area contributed by atoms with E-state index in [0.29, 0.717) is 4.90 Å². The highest BCUT2D eigenvalue weighted by atomic mass is 19.4. The van der Waals surface area contributed by atoms with Gasteiger partial charge in [-0.15, -0.1) is 0 Å². The summed E-state index contributed by atoms with van der Waals surface area (Å²) in [6.45, 7) is 0.340. The third kappa shape index (κ3) is 3.85. The number of rotatable bonds is 3. The molecule has 2 atom stereocenters. The molecule has 10 heteroatoms. The first-order chi connectivity index (χ1) is 10.5. The van der Waals surface area contributed by atoms with Crippen molar-refractivity contribution in [1.82, 2.24) is 15.1 Å². The van der Waals surface area contributed by atoms with E-state index in [9.17, 15) is 27.6 Å². The highest BCUT2D eigenvalue weighted by molar-refractivity contribution is 5.89. The molecule has 2 N–H and O–H groups in total. The van der Waals surface area contributed by atoms with Gasteiger partial charge in [0.05, 0.1) is 5.41 Å². The summed E-state index contributed by atoms with van der Waals surface area (Å²) in [7, 11) is 0. The minimum atomic E-state index is -4.48. The number of nitrogens with one attached hydrogen (secondary N) is 1. The molecule has 2 saturated heterocycles. The highest BCUT2D eigenvalue weighted by Crippen LogP contribution is 2.30. The number of likely N-dealkylation sites (tertiary alicyclic amines) is 2. The van der Waals surface area contributed by atoms with Gasteiger partial charge < -0.3 is 20.2 Å². The first kappa shape index (κ1) is 17.4. The predicted octanol–water partition coefficient (Wildman–Crippen LogP) is 0.656. The van der Waals surface area contributed by atoms with Crippen molar-refractivity contribution < 1.29 is 32.7 Å². The van der Waals surface area contributed by atoms with Crippen LogP contribution in [0, 0.1) is 5.41 Å². The summed E-state index contributed by atoms with van der Waals surface area (Å²) in [5.74, 6) is -1.78. The molecule has 0 aromatic carbocycles. The van der Waals surface area contributed by atoms with Crippen molar-refractivity contribution in [1.29, 1.82) is 0 Å². The number of carboxylic acids is 1. The Balaban J connectivity index is 1.90. The number of hydrogen-bond donors (Lipinski definition) is 2. The zero-order valence-electron chi connectivity index (χ0n) is 12.5. The van der Waals surface area contributed by atoms with Crippen molar-refractivity contribution in [3.05, 3.63) is 0 Å². The van der Waals surface area contributed by atoms with Gasteiger partial charge in [-0.05, 0) is 19.8 Å². The summed E-state index contributed by atoms with van der Waals surface area (Å²) in [5, 5.41) is 11.5. The summed E-state index contributed by atoms with van der Waals surface area (Å²) in [4.78, 5) is 37.0.